The molecule has 16 heavy (non-hydrogen) atoms. The average molecular weight is 228 g/mol. The van der Waals surface area contributed by atoms with Crippen molar-refractivity contribution in [1.82, 2.24) is 10.6 Å². The van der Waals surface area contributed by atoms with Gasteiger partial charge in [-0.15, -0.1) is 0 Å². The molecular weight excluding hydrogens is 204 g/mol. The summed E-state index contributed by atoms with van der Waals surface area (Å²) < 4.78 is 5.22. The molecule has 4 heteroatoms. The molecule has 1 amide bonds. The Hall–Kier alpha value is -0.770. The van der Waals surface area contributed by atoms with Crippen LogP contribution in [-0.4, -0.2) is 30.3 Å². The van der Waals surface area contributed by atoms with Gasteiger partial charge in [-0.25, -0.2) is 4.79 Å². The van der Waals surface area contributed by atoms with E-state index >= 15 is 0 Å². The first-order chi connectivity index (χ1) is 7.40. The molecule has 0 aliphatic carbocycles. The highest BCUT2D eigenvalue weighted by Crippen LogP contribution is 2.12. The van der Waals surface area contributed by atoms with Crippen LogP contribution in [0.1, 0.15) is 47.0 Å². The molecule has 2 atom stereocenters. The van der Waals surface area contributed by atoms with Crippen LogP contribution in [0.5, 0.6) is 0 Å². The third-order valence-electron chi connectivity index (χ3n) is 2.73. The lowest BCUT2D eigenvalue weighted by molar-refractivity contribution is 0.0493. The van der Waals surface area contributed by atoms with Gasteiger partial charge in [0, 0.05) is 18.6 Å². The number of hydrogen-bond donors (Lipinski definition) is 2. The van der Waals surface area contributed by atoms with Crippen LogP contribution in [0, 0.1) is 0 Å². The lowest BCUT2D eigenvalue weighted by atomic mass is 9.99. The van der Waals surface area contributed by atoms with Crippen molar-refractivity contribution >= 4 is 6.09 Å². The van der Waals surface area contributed by atoms with Gasteiger partial charge < -0.3 is 15.4 Å². The minimum atomic E-state index is -0.419. The largest absolute Gasteiger partial charge is 0.444 e. The van der Waals surface area contributed by atoms with Crippen molar-refractivity contribution in [3.63, 3.8) is 0 Å². The number of rotatable bonds is 2. The summed E-state index contributed by atoms with van der Waals surface area (Å²) >= 11 is 0. The van der Waals surface area contributed by atoms with Gasteiger partial charge in [0.05, 0.1) is 0 Å². The second-order valence-corrected chi connectivity index (χ2v) is 5.43. The van der Waals surface area contributed by atoms with E-state index in [1.54, 1.807) is 0 Å². The minimum absolute atomic E-state index is 0.206. The Kier molecular flexibility index (Phi) is 4.59. The van der Waals surface area contributed by atoms with Crippen LogP contribution in [0.2, 0.25) is 0 Å². The van der Waals surface area contributed by atoms with Gasteiger partial charge in [-0.05, 0) is 40.0 Å². The first-order valence-corrected chi connectivity index (χ1v) is 6.13. The van der Waals surface area contributed by atoms with E-state index in [-0.39, 0.29) is 12.1 Å². The fraction of sp³-hybridized carbons (Fsp3) is 0.917. The number of ether oxygens (including phenoxy) is 1. The van der Waals surface area contributed by atoms with Crippen molar-refractivity contribution in [2.24, 2.45) is 0 Å². The highest BCUT2D eigenvalue weighted by Gasteiger charge is 2.23. The Morgan fingerprint density at radius 1 is 1.44 bits per heavy atom. The Balaban J connectivity index is 2.26. The summed E-state index contributed by atoms with van der Waals surface area (Å²) in [5.41, 5.74) is -0.419. The van der Waals surface area contributed by atoms with Crippen molar-refractivity contribution in [3.05, 3.63) is 0 Å². The summed E-state index contributed by atoms with van der Waals surface area (Å²) in [5, 5.41) is 6.31. The highest BCUT2D eigenvalue weighted by atomic mass is 16.6. The van der Waals surface area contributed by atoms with Gasteiger partial charge in [0.2, 0.25) is 0 Å². The first kappa shape index (κ1) is 13.3. The smallest absolute Gasteiger partial charge is 0.407 e. The van der Waals surface area contributed by atoms with Crippen LogP contribution < -0.4 is 10.6 Å². The SMILES string of the molecule is CCC1CCC(NC(=O)OC(C)(C)C)CN1. The Morgan fingerprint density at radius 3 is 2.56 bits per heavy atom. The fourth-order valence-electron chi connectivity index (χ4n) is 1.86. The zero-order valence-electron chi connectivity index (χ0n) is 10.8. The van der Waals surface area contributed by atoms with Crippen molar-refractivity contribution in [2.75, 3.05) is 6.54 Å². The number of alkyl carbamates (subject to hydrolysis) is 1. The lowest BCUT2D eigenvalue weighted by Gasteiger charge is -2.30. The van der Waals surface area contributed by atoms with Gasteiger partial charge >= 0.3 is 6.09 Å². The van der Waals surface area contributed by atoms with E-state index in [9.17, 15) is 4.79 Å². The molecule has 94 valence electrons. The quantitative estimate of drug-likeness (QED) is 0.760. The first-order valence-electron chi connectivity index (χ1n) is 6.13. The molecule has 0 saturated carbocycles. The van der Waals surface area contributed by atoms with Crippen molar-refractivity contribution in [3.8, 4) is 0 Å². The highest BCUT2D eigenvalue weighted by molar-refractivity contribution is 5.68. The summed E-state index contributed by atoms with van der Waals surface area (Å²) in [6, 6.07) is 0.814. The summed E-state index contributed by atoms with van der Waals surface area (Å²) in [4.78, 5) is 11.5. The molecule has 0 spiro atoms. The van der Waals surface area contributed by atoms with Crippen LogP contribution >= 0.6 is 0 Å². The second-order valence-electron chi connectivity index (χ2n) is 5.43. The van der Waals surface area contributed by atoms with Gasteiger partial charge in [0.1, 0.15) is 5.60 Å². The molecule has 1 fully saturated rings. The van der Waals surface area contributed by atoms with E-state index in [0.717, 1.165) is 25.8 Å². The van der Waals surface area contributed by atoms with Gasteiger partial charge in [-0.1, -0.05) is 6.92 Å². The molecule has 1 saturated heterocycles. The second kappa shape index (κ2) is 5.53. The molecule has 2 unspecified atom stereocenters. The number of carbonyl (C=O) groups is 1. The molecule has 1 rings (SSSR count). The standard InChI is InChI=1S/C12H24N2O2/c1-5-9-6-7-10(8-13-9)14-11(15)16-12(2,3)4/h9-10,13H,5-8H2,1-4H3,(H,14,15). The summed E-state index contributed by atoms with van der Waals surface area (Å²) in [6.07, 6.45) is 3.00. The van der Waals surface area contributed by atoms with E-state index < -0.39 is 5.60 Å². The fourth-order valence-corrected chi connectivity index (χ4v) is 1.86. The maximum absolute atomic E-state index is 11.5. The molecule has 0 aromatic carbocycles. The monoisotopic (exact) mass is 228 g/mol. The van der Waals surface area contributed by atoms with Crippen LogP contribution in [0.15, 0.2) is 0 Å². The number of amides is 1. The molecule has 0 radical (unpaired) electrons. The maximum atomic E-state index is 11.5. The molecule has 1 aliphatic heterocycles. The van der Waals surface area contributed by atoms with E-state index in [2.05, 4.69) is 17.6 Å². The van der Waals surface area contributed by atoms with E-state index in [1.807, 2.05) is 20.8 Å². The van der Waals surface area contributed by atoms with Gasteiger partial charge in [0.25, 0.3) is 0 Å². The van der Waals surface area contributed by atoms with Crippen LogP contribution in [-0.2, 0) is 4.74 Å². The van der Waals surface area contributed by atoms with Gasteiger partial charge in [0.15, 0.2) is 0 Å². The van der Waals surface area contributed by atoms with Gasteiger partial charge in [-0.2, -0.15) is 0 Å². The Morgan fingerprint density at radius 2 is 2.12 bits per heavy atom. The zero-order chi connectivity index (χ0) is 12.2. The van der Waals surface area contributed by atoms with E-state index in [1.165, 1.54) is 0 Å². The molecule has 0 aromatic rings. The normalized spacial score (nSPS) is 26.2. The third-order valence-corrected chi connectivity index (χ3v) is 2.73. The summed E-state index contributed by atoms with van der Waals surface area (Å²) in [5.74, 6) is 0. The molecule has 2 N–H and O–H groups in total. The molecule has 1 heterocycles. The number of hydrogen-bond acceptors (Lipinski definition) is 3. The maximum Gasteiger partial charge on any atom is 0.407 e. The lowest BCUT2D eigenvalue weighted by Crippen LogP contribution is -2.50. The number of nitrogens with one attached hydrogen (secondary N) is 2. The van der Waals surface area contributed by atoms with Crippen LogP contribution in [0.25, 0.3) is 0 Å². The molecule has 1 aliphatic rings. The van der Waals surface area contributed by atoms with Crippen molar-refractivity contribution in [2.45, 2.75) is 64.6 Å². The molecule has 0 aromatic heterocycles. The predicted octanol–water partition coefficient (Wildman–Crippen LogP) is 2.04. The van der Waals surface area contributed by atoms with E-state index in [0.29, 0.717) is 6.04 Å². The Labute approximate surface area is 98.1 Å². The van der Waals surface area contributed by atoms with E-state index in [4.69, 9.17) is 4.74 Å². The molecular formula is C12H24N2O2. The molecule has 0 bridgehead atoms. The third kappa shape index (κ3) is 4.84. The van der Waals surface area contributed by atoms with Crippen molar-refractivity contribution in [1.29, 1.82) is 0 Å². The summed E-state index contributed by atoms with van der Waals surface area (Å²) in [7, 11) is 0. The summed E-state index contributed by atoms with van der Waals surface area (Å²) in [6.45, 7) is 8.65. The van der Waals surface area contributed by atoms with Crippen LogP contribution in [0.4, 0.5) is 4.79 Å². The van der Waals surface area contributed by atoms with Crippen LogP contribution in [0.3, 0.4) is 0 Å². The topological polar surface area (TPSA) is 50.4 Å². The minimum Gasteiger partial charge on any atom is -0.444 e. The van der Waals surface area contributed by atoms with Crippen molar-refractivity contribution < 1.29 is 9.53 Å². The number of piperidine rings is 1. The predicted molar refractivity (Wildman–Crippen MR) is 64.5 cm³/mol. The van der Waals surface area contributed by atoms with Gasteiger partial charge in [-0.3, -0.25) is 0 Å². The molecule has 4 nitrogen and oxygen atoms in total. The zero-order valence-corrected chi connectivity index (χ0v) is 10.8. The number of carbonyl (C=O) groups excluding carboxylic acids is 1. The Bertz CT molecular complexity index is 228. The average Bonchev–Trinajstić information content (AvgIpc) is 2.16.